The van der Waals surface area contributed by atoms with Gasteiger partial charge in [-0.2, -0.15) is 0 Å². The van der Waals surface area contributed by atoms with Crippen LogP contribution in [0.3, 0.4) is 0 Å². The maximum Gasteiger partial charge on any atom is 0.123 e. The average molecular weight is 280 g/mol. The lowest BCUT2D eigenvalue weighted by molar-refractivity contribution is 0.401. The standard InChI is InChI=1S/C18H20N2O/c1-13(16-5-3-4-6-18(16)21-2)20-12-14-7-8-17-15(11-14)9-10-19-17/h3-11,13,19-20H,12H2,1-2H3/t13-/m0/s1. The predicted octanol–water partition coefficient (Wildman–Crippen LogP) is 4.03. The Kier molecular flexibility index (Phi) is 3.93. The van der Waals surface area contributed by atoms with Crippen molar-refractivity contribution in [2.45, 2.75) is 19.5 Å². The monoisotopic (exact) mass is 280 g/mol. The summed E-state index contributed by atoms with van der Waals surface area (Å²) in [5.74, 6) is 0.929. The normalized spacial score (nSPS) is 12.5. The van der Waals surface area contributed by atoms with Crippen molar-refractivity contribution in [3.63, 3.8) is 0 Å². The molecule has 0 aliphatic carbocycles. The summed E-state index contributed by atoms with van der Waals surface area (Å²) in [6.07, 6.45) is 1.97. The van der Waals surface area contributed by atoms with Crippen LogP contribution in [0.1, 0.15) is 24.1 Å². The van der Waals surface area contributed by atoms with Gasteiger partial charge in [-0.15, -0.1) is 0 Å². The summed E-state index contributed by atoms with van der Waals surface area (Å²) < 4.78 is 5.42. The second-order valence-corrected chi connectivity index (χ2v) is 5.24. The Balaban J connectivity index is 1.71. The lowest BCUT2D eigenvalue weighted by atomic mass is 10.1. The van der Waals surface area contributed by atoms with Gasteiger partial charge >= 0.3 is 0 Å². The molecule has 1 atom stereocenters. The Hall–Kier alpha value is -2.26. The fourth-order valence-electron chi connectivity index (χ4n) is 2.62. The van der Waals surface area contributed by atoms with Crippen LogP contribution in [0.4, 0.5) is 0 Å². The second kappa shape index (κ2) is 6.02. The first kappa shape index (κ1) is 13.7. The maximum atomic E-state index is 5.42. The summed E-state index contributed by atoms with van der Waals surface area (Å²) in [5, 5.41) is 4.81. The third-order valence-electron chi connectivity index (χ3n) is 3.84. The molecule has 108 valence electrons. The quantitative estimate of drug-likeness (QED) is 0.740. The molecule has 0 spiro atoms. The van der Waals surface area contributed by atoms with Gasteiger partial charge in [0.05, 0.1) is 7.11 Å². The van der Waals surface area contributed by atoms with Crippen LogP contribution in [0, 0.1) is 0 Å². The lowest BCUT2D eigenvalue weighted by Gasteiger charge is -2.17. The molecule has 2 N–H and O–H groups in total. The summed E-state index contributed by atoms with van der Waals surface area (Å²) in [6.45, 7) is 2.99. The zero-order valence-electron chi connectivity index (χ0n) is 12.4. The summed E-state index contributed by atoms with van der Waals surface area (Å²) in [5.41, 5.74) is 3.64. The van der Waals surface area contributed by atoms with E-state index in [0.717, 1.165) is 12.3 Å². The van der Waals surface area contributed by atoms with Crippen LogP contribution in [-0.4, -0.2) is 12.1 Å². The minimum Gasteiger partial charge on any atom is -0.496 e. The van der Waals surface area contributed by atoms with Crippen LogP contribution in [0.25, 0.3) is 10.9 Å². The molecular weight excluding hydrogens is 260 g/mol. The molecule has 0 saturated heterocycles. The summed E-state index contributed by atoms with van der Waals surface area (Å²) in [6, 6.07) is 17.0. The zero-order chi connectivity index (χ0) is 14.7. The fraction of sp³-hybridized carbons (Fsp3) is 0.222. The largest absolute Gasteiger partial charge is 0.496 e. The summed E-state index contributed by atoms with van der Waals surface area (Å²) in [7, 11) is 1.71. The first-order chi connectivity index (χ1) is 10.3. The highest BCUT2D eigenvalue weighted by atomic mass is 16.5. The van der Waals surface area contributed by atoms with Gasteiger partial charge < -0.3 is 15.0 Å². The van der Waals surface area contributed by atoms with E-state index in [2.05, 4.69) is 47.6 Å². The number of hydrogen-bond acceptors (Lipinski definition) is 2. The zero-order valence-corrected chi connectivity index (χ0v) is 12.4. The van der Waals surface area contributed by atoms with Crippen LogP contribution in [0.15, 0.2) is 54.7 Å². The van der Waals surface area contributed by atoms with E-state index in [-0.39, 0.29) is 6.04 Å². The minimum atomic E-state index is 0.239. The van der Waals surface area contributed by atoms with Crippen molar-refractivity contribution < 1.29 is 4.74 Å². The molecule has 0 radical (unpaired) electrons. The molecule has 0 amide bonds. The Morgan fingerprint density at radius 2 is 2.00 bits per heavy atom. The summed E-state index contributed by atoms with van der Waals surface area (Å²) in [4.78, 5) is 3.22. The first-order valence-corrected chi connectivity index (χ1v) is 7.20. The minimum absolute atomic E-state index is 0.239. The maximum absolute atomic E-state index is 5.42. The van der Waals surface area contributed by atoms with Gasteiger partial charge in [0.2, 0.25) is 0 Å². The number of ether oxygens (including phenoxy) is 1. The number of hydrogen-bond donors (Lipinski definition) is 2. The van der Waals surface area contributed by atoms with E-state index in [4.69, 9.17) is 4.74 Å². The molecule has 0 unspecified atom stereocenters. The van der Waals surface area contributed by atoms with E-state index < -0.39 is 0 Å². The topological polar surface area (TPSA) is 37.0 Å². The number of aromatic nitrogens is 1. The molecule has 0 aliphatic rings. The van der Waals surface area contributed by atoms with Crippen molar-refractivity contribution in [1.29, 1.82) is 0 Å². The van der Waals surface area contributed by atoms with E-state index in [1.54, 1.807) is 7.11 Å². The van der Waals surface area contributed by atoms with Crippen molar-refractivity contribution in [3.05, 3.63) is 65.9 Å². The van der Waals surface area contributed by atoms with Crippen molar-refractivity contribution in [1.82, 2.24) is 10.3 Å². The van der Waals surface area contributed by atoms with Gasteiger partial charge in [-0.05, 0) is 42.1 Å². The fourth-order valence-corrected chi connectivity index (χ4v) is 2.62. The summed E-state index contributed by atoms with van der Waals surface area (Å²) >= 11 is 0. The van der Waals surface area contributed by atoms with E-state index in [1.807, 2.05) is 24.4 Å². The highest BCUT2D eigenvalue weighted by molar-refractivity contribution is 5.79. The van der Waals surface area contributed by atoms with Gasteiger partial charge in [-0.1, -0.05) is 24.3 Å². The number of rotatable bonds is 5. The number of H-pyrrole nitrogens is 1. The van der Waals surface area contributed by atoms with Crippen molar-refractivity contribution >= 4 is 10.9 Å². The van der Waals surface area contributed by atoms with E-state index in [1.165, 1.54) is 22.0 Å². The van der Waals surface area contributed by atoms with Gasteiger partial charge in [0, 0.05) is 29.9 Å². The van der Waals surface area contributed by atoms with Crippen molar-refractivity contribution in [2.24, 2.45) is 0 Å². The molecule has 0 aliphatic heterocycles. The molecule has 0 saturated carbocycles. The Morgan fingerprint density at radius 1 is 1.14 bits per heavy atom. The number of aromatic amines is 1. The number of nitrogens with one attached hydrogen (secondary N) is 2. The molecule has 1 aromatic heterocycles. The van der Waals surface area contributed by atoms with Gasteiger partial charge in [0.15, 0.2) is 0 Å². The number of benzene rings is 2. The molecule has 3 nitrogen and oxygen atoms in total. The lowest BCUT2D eigenvalue weighted by Crippen LogP contribution is -2.18. The molecular formula is C18H20N2O. The van der Waals surface area contributed by atoms with Crippen molar-refractivity contribution in [2.75, 3.05) is 7.11 Å². The molecule has 2 aromatic carbocycles. The predicted molar refractivity (Wildman–Crippen MR) is 86.5 cm³/mol. The second-order valence-electron chi connectivity index (χ2n) is 5.24. The van der Waals surface area contributed by atoms with Gasteiger partial charge in [-0.25, -0.2) is 0 Å². The van der Waals surface area contributed by atoms with Gasteiger partial charge in [0.25, 0.3) is 0 Å². The number of para-hydroxylation sites is 1. The van der Waals surface area contributed by atoms with Crippen LogP contribution in [-0.2, 0) is 6.54 Å². The van der Waals surface area contributed by atoms with Crippen LogP contribution in [0.2, 0.25) is 0 Å². The molecule has 21 heavy (non-hydrogen) atoms. The third-order valence-corrected chi connectivity index (χ3v) is 3.84. The molecule has 0 fully saturated rings. The van der Waals surface area contributed by atoms with Gasteiger partial charge in [0.1, 0.15) is 5.75 Å². The Labute approximate surface area is 125 Å². The number of fused-ring (bicyclic) bond motifs is 1. The molecule has 3 heteroatoms. The van der Waals surface area contributed by atoms with E-state index >= 15 is 0 Å². The van der Waals surface area contributed by atoms with Crippen LogP contribution < -0.4 is 10.1 Å². The molecule has 3 aromatic rings. The highest BCUT2D eigenvalue weighted by Gasteiger charge is 2.10. The van der Waals surface area contributed by atoms with Gasteiger partial charge in [-0.3, -0.25) is 0 Å². The average Bonchev–Trinajstić information content (AvgIpc) is 3.00. The molecule has 1 heterocycles. The highest BCUT2D eigenvalue weighted by Crippen LogP contribution is 2.24. The number of methoxy groups -OCH3 is 1. The Morgan fingerprint density at radius 3 is 2.86 bits per heavy atom. The molecule has 3 rings (SSSR count). The van der Waals surface area contributed by atoms with Crippen LogP contribution >= 0.6 is 0 Å². The first-order valence-electron chi connectivity index (χ1n) is 7.20. The molecule has 0 bridgehead atoms. The Bertz CT molecular complexity index is 733. The van der Waals surface area contributed by atoms with E-state index in [9.17, 15) is 0 Å². The smallest absolute Gasteiger partial charge is 0.123 e. The SMILES string of the molecule is COc1ccccc1[C@H](C)NCc1ccc2[nH]ccc2c1. The van der Waals surface area contributed by atoms with E-state index in [0.29, 0.717) is 0 Å². The third kappa shape index (κ3) is 2.93. The van der Waals surface area contributed by atoms with Crippen molar-refractivity contribution in [3.8, 4) is 5.75 Å². The van der Waals surface area contributed by atoms with Crippen LogP contribution in [0.5, 0.6) is 5.75 Å².